The van der Waals surface area contributed by atoms with Gasteiger partial charge in [0.05, 0.1) is 37.2 Å². The van der Waals surface area contributed by atoms with Crippen LogP contribution in [-0.2, 0) is 23.9 Å². The van der Waals surface area contributed by atoms with Gasteiger partial charge in [0, 0.05) is 12.1 Å². The number of carbonyl (C=O) groups excluding carboxylic acids is 3. The van der Waals surface area contributed by atoms with E-state index in [1.54, 1.807) is 17.1 Å². The van der Waals surface area contributed by atoms with Crippen LogP contribution in [0.15, 0.2) is 25.3 Å². The Morgan fingerprint density at radius 3 is 2.53 bits per heavy atom. The molecule has 8 heteroatoms. The zero-order valence-electron chi connectivity index (χ0n) is 21.2. The van der Waals surface area contributed by atoms with Gasteiger partial charge in [0.1, 0.15) is 11.6 Å². The molecule has 0 aromatic carbocycles. The summed E-state index contributed by atoms with van der Waals surface area (Å²) in [5.74, 6) is -2.70. The normalized spacial score (nSPS) is 30.9. The van der Waals surface area contributed by atoms with Gasteiger partial charge in [-0.25, -0.2) is 0 Å². The Labute approximate surface area is 202 Å². The van der Waals surface area contributed by atoms with Crippen molar-refractivity contribution in [3.8, 4) is 0 Å². The maximum atomic E-state index is 14.2. The van der Waals surface area contributed by atoms with Crippen LogP contribution in [0.2, 0.25) is 0 Å². The average Bonchev–Trinajstić information content (AvgIpc) is 3.39. The number of rotatable bonds is 10. The smallest absolute Gasteiger partial charge is 0.312 e. The number of fused-ring (bicyclic) bond motifs is 1. The van der Waals surface area contributed by atoms with Crippen molar-refractivity contribution < 1.29 is 29.0 Å². The molecule has 0 radical (unpaired) electrons. The number of likely N-dealkylation sites (tertiary alicyclic amines) is 1. The summed E-state index contributed by atoms with van der Waals surface area (Å²) in [4.78, 5) is 44.5. The first-order valence-electron chi connectivity index (χ1n) is 12.3. The van der Waals surface area contributed by atoms with E-state index < -0.39 is 47.1 Å². The van der Waals surface area contributed by atoms with Crippen LogP contribution in [-0.4, -0.2) is 81.8 Å². The van der Waals surface area contributed by atoms with Crippen molar-refractivity contribution in [1.29, 1.82) is 0 Å². The lowest BCUT2D eigenvalue weighted by molar-refractivity contribution is -0.158. The van der Waals surface area contributed by atoms with Crippen molar-refractivity contribution in [3.05, 3.63) is 25.3 Å². The molecule has 3 fully saturated rings. The summed E-state index contributed by atoms with van der Waals surface area (Å²) < 4.78 is 11.9. The highest BCUT2D eigenvalue weighted by atomic mass is 16.6. The first-order valence-corrected chi connectivity index (χ1v) is 12.3. The molecule has 1 N–H and O–H groups in total. The first kappa shape index (κ1) is 26.4. The van der Waals surface area contributed by atoms with Gasteiger partial charge in [-0.1, -0.05) is 26.0 Å². The van der Waals surface area contributed by atoms with Crippen LogP contribution in [0, 0.1) is 17.8 Å². The largest absolute Gasteiger partial charge is 0.465 e. The molecule has 3 aliphatic heterocycles. The number of ether oxygens (including phenoxy) is 2. The zero-order chi connectivity index (χ0) is 25.4. The van der Waals surface area contributed by atoms with Gasteiger partial charge in [0.2, 0.25) is 11.8 Å². The number of aliphatic hydroxyl groups excluding tert-OH is 1. The van der Waals surface area contributed by atoms with E-state index in [1.807, 2.05) is 34.6 Å². The summed E-state index contributed by atoms with van der Waals surface area (Å²) in [6.45, 7) is 17.3. The van der Waals surface area contributed by atoms with Crippen LogP contribution in [0.5, 0.6) is 0 Å². The molecule has 0 aromatic rings. The molecule has 34 heavy (non-hydrogen) atoms. The summed E-state index contributed by atoms with van der Waals surface area (Å²) in [6, 6.07) is -1.51. The SMILES string of the molecule is C=CCCOC(=O)[C@@H]1[C@H]2C(=O)N([C@@H](CO)C(C)C)C(C(=O)N(CC=C)C(C)(C)C)C23CC[C@H]1O3. The molecule has 0 aromatic heterocycles. The van der Waals surface area contributed by atoms with Gasteiger partial charge >= 0.3 is 5.97 Å². The Bertz CT molecular complexity index is 834. The van der Waals surface area contributed by atoms with E-state index in [9.17, 15) is 19.5 Å². The van der Waals surface area contributed by atoms with Gasteiger partial charge in [-0.05, 0) is 46.0 Å². The fourth-order valence-corrected chi connectivity index (χ4v) is 5.93. The third-order valence-electron chi connectivity index (χ3n) is 7.51. The summed E-state index contributed by atoms with van der Waals surface area (Å²) in [7, 11) is 0. The van der Waals surface area contributed by atoms with E-state index in [2.05, 4.69) is 13.2 Å². The van der Waals surface area contributed by atoms with Crippen LogP contribution in [0.25, 0.3) is 0 Å². The van der Waals surface area contributed by atoms with Gasteiger partial charge in [-0.15, -0.1) is 13.2 Å². The summed E-state index contributed by atoms with van der Waals surface area (Å²) in [5.41, 5.74) is -1.64. The fraction of sp³-hybridized carbons (Fsp3) is 0.731. The second kappa shape index (κ2) is 9.82. The number of aliphatic hydroxyl groups is 1. The summed E-state index contributed by atoms with van der Waals surface area (Å²) in [6.07, 6.45) is 4.46. The maximum absolute atomic E-state index is 14.2. The van der Waals surface area contributed by atoms with E-state index in [0.29, 0.717) is 25.8 Å². The van der Waals surface area contributed by atoms with Crippen molar-refractivity contribution in [2.75, 3.05) is 19.8 Å². The van der Waals surface area contributed by atoms with E-state index in [0.717, 1.165) is 0 Å². The predicted molar refractivity (Wildman–Crippen MR) is 128 cm³/mol. The Morgan fingerprint density at radius 2 is 2.00 bits per heavy atom. The van der Waals surface area contributed by atoms with E-state index >= 15 is 0 Å². The van der Waals surface area contributed by atoms with Gasteiger partial charge in [-0.3, -0.25) is 14.4 Å². The van der Waals surface area contributed by atoms with Gasteiger partial charge in [0.15, 0.2) is 0 Å². The highest BCUT2D eigenvalue weighted by molar-refractivity contribution is 5.98. The molecule has 8 nitrogen and oxygen atoms in total. The van der Waals surface area contributed by atoms with Crippen LogP contribution in [0.1, 0.15) is 53.9 Å². The number of esters is 1. The van der Waals surface area contributed by atoms with Crippen molar-refractivity contribution in [1.82, 2.24) is 9.80 Å². The van der Waals surface area contributed by atoms with E-state index in [1.165, 1.54) is 4.90 Å². The molecule has 1 spiro atoms. The Morgan fingerprint density at radius 1 is 1.32 bits per heavy atom. The van der Waals surface area contributed by atoms with Gasteiger partial charge in [-0.2, -0.15) is 0 Å². The van der Waals surface area contributed by atoms with Gasteiger partial charge in [0.25, 0.3) is 0 Å². The number of amides is 2. The van der Waals surface area contributed by atoms with Crippen molar-refractivity contribution in [2.45, 2.75) is 83.2 Å². The minimum atomic E-state index is -1.12. The highest BCUT2D eigenvalue weighted by Crippen LogP contribution is 2.59. The predicted octanol–water partition coefficient (Wildman–Crippen LogP) is 2.31. The van der Waals surface area contributed by atoms with Crippen LogP contribution >= 0.6 is 0 Å². The Balaban J connectivity index is 2.08. The van der Waals surface area contributed by atoms with Crippen molar-refractivity contribution in [3.63, 3.8) is 0 Å². The molecule has 2 amide bonds. The lowest BCUT2D eigenvalue weighted by Gasteiger charge is -2.44. The highest BCUT2D eigenvalue weighted by Gasteiger charge is 2.76. The van der Waals surface area contributed by atoms with Crippen LogP contribution < -0.4 is 0 Å². The molecule has 3 heterocycles. The van der Waals surface area contributed by atoms with E-state index in [-0.39, 0.29) is 30.9 Å². The van der Waals surface area contributed by atoms with Crippen molar-refractivity contribution >= 4 is 17.8 Å². The molecular formula is C26H40N2O6. The zero-order valence-corrected chi connectivity index (χ0v) is 21.2. The molecular weight excluding hydrogens is 436 g/mol. The molecule has 2 bridgehead atoms. The maximum Gasteiger partial charge on any atom is 0.312 e. The second-order valence-corrected chi connectivity index (χ2v) is 10.9. The van der Waals surface area contributed by atoms with Crippen molar-refractivity contribution in [2.24, 2.45) is 17.8 Å². The summed E-state index contributed by atoms with van der Waals surface area (Å²) >= 11 is 0. The monoisotopic (exact) mass is 476 g/mol. The topological polar surface area (TPSA) is 96.4 Å². The number of nitrogens with zero attached hydrogens (tertiary/aromatic N) is 2. The average molecular weight is 477 g/mol. The second-order valence-electron chi connectivity index (χ2n) is 10.9. The third kappa shape index (κ3) is 4.19. The van der Waals surface area contributed by atoms with E-state index in [4.69, 9.17) is 9.47 Å². The molecule has 3 aliphatic rings. The van der Waals surface area contributed by atoms with Crippen LogP contribution in [0.4, 0.5) is 0 Å². The molecule has 6 atom stereocenters. The lowest BCUT2D eigenvalue weighted by Crippen LogP contribution is -2.62. The first-order chi connectivity index (χ1) is 16.0. The third-order valence-corrected chi connectivity index (χ3v) is 7.51. The minimum absolute atomic E-state index is 0.0999. The number of hydrogen-bond acceptors (Lipinski definition) is 6. The minimum Gasteiger partial charge on any atom is -0.465 e. The van der Waals surface area contributed by atoms with Gasteiger partial charge < -0.3 is 24.4 Å². The molecule has 2 unspecified atom stereocenters. The molecule has 0 saturated carbocycles. The molecule has 0 aliphatic carbocycles. The quantitative estimate of drug-likeness (QED) is 0.295. The Hall–Kier alpha value is -2.19. The fourth-order valence-electron chi connectivity index (χ4n) is 5.93. The lowest BCUT2D eigenvalue weighted by atomic mass is 9.70. The summed E-state index contributed by atoms with van der Waals surface area (Å²) in [5, 5.41) is 10.2. The number of hydrogen-bond donors (Lipinski definition) is 1. The van der Waals surface area contributed by atoms with Crippen LogP contribution in [0.3, 0.4) is 0 Å². The molecule has 190 valence electrons. The Kier molecular flexibility index (Phi) is 7.63. The molecule has 3 saturated heterocycles. The molecule has 3 rings (SSSR count). The number of carbonyl (C=O) groups is 3. The standard InChI is InChI=1S/C26H40N2O6/c1-8-10-14-33-24(32)19-18-11-12-26(34-18)20(19)22(30)28(17(15-29)16(3)4)21(26)23(31)27(13-9-2)25(5,6)7/h8-9,16-21,29H,1-2,10-15H2,3-7H3/t17-,18+,19-,20-,21?,26?/m0/s1.